The number of nitro benzene ring substituents is 1. The van der Waals surface area contributed by atoms with Crippen molar-refractivity contribution < 1.29 is 24.0 Å². The van der Waals surface area contributed by atoms with E-state index in [0.29, 0.717) is 35.7 Å². The van der Waals surface area contributed by atoms with Gasteiger partial charge in [0.25, 0.3) is 17.5 Å². The minimum Gasteiger partial charge on any atom is -0.493 e. The number of nitro groups is 1. The molecule has 0 atom stereocenters. The van der Waals surface area contributed by atoms with Crippen molar-refractivity contribution in [2.75, 3.05) is 26.1 Å². The Labute approximate surface area is 190 Å². The fraction of sp³-hybridized carbons (Fsp3) is 0.167. The Hall–Kier alpha value is -4.40. The zero-order valence-corrected chi connectivity index (χ0v) is 18.2. The molecule has 0 saturated carbocycles. The lowest BCUT2D eigenvalue weighted by Gasteiger charge is -2.12. The molecule has 0 unspecified atom stereocenters. The highest BCUT2D eigenvalue weighted by Gasteiger charge is 2.15. The van der Waals surface area contributed by atoms with E-state index in [-0.39, 0.29) is 17.2 Å². The monoisotopic (exact) mass is 449 g/mol. The standard InChI is InChI=1S/C24H23N3O6/c1-32-21-12-7-16(15-22(21)33-2)13-14-25-24(29)19-5-3-4-6-20(19)26-23(28)17-8-10-18(11-9-17)27(30)31/h3-12,15H,13-14H2,1-2H3,(H,25,29)(H,26,28). The van der Waals surface area contributed by atoms with Crippen molar-refractivity contribution >= 4 is 23.2 Å². The predicted octanol–water partition coefficient (Wildman–Crippen LogP) is 3.84. The van der Waals surface area contributed by atoms with E-state index in [9.17, 15) is 19.7 Å². The molecule has 33 heavy (non-hydrogen) atoms. The minimum atomic E-state index is -0.538. The number of non-ortho nitro benzene ring substituents is 1. The Morgan fingerprint density at radius 1 is 0.909 bits per heavy atom. The van der Waals surface area contributed by atoms with E-state index >= 15 is 0 Å². The first-order chi connectivity index (χ1) is 15.9. The van der Waals surface area contributed by atoms with Crippen molar-refractivity contribution in [2.24, 2.45) is 0 Å². The van der Waals surface area contributed by atoms with Gasteiger partial charge in [-0.15, -0.1) is 0 Å². The number of hydrogen-bond donors (Lipinski definition) is 2. The maximum Gasteiger partial charge on any atom is 0.269 e. The number of carbonyl (C=O) groups is 2. The minimum absolute atomic E-state index is 0.110. The highest BCUT2D eigenvalue weighted by molar-refractivity contribution is 6.09. The quantitative estimate of drug-likeness (QED) is 0.378. The SMILES string of the molecule is COc1ccc(CCNC(=O)c2ccccc2NC(=O)c2ccc([N+](=O)[O-])cc2)cc1OC. The first-order valence-electron chi connectivity index (χ1n) is 10.1. The van der Waals surface area contributed by atoms with Crippen molar-refractivity contribution in [3.63, 3.8) is 0 Å². The van der Waals surface area contributed by atoms with Crippen LogP contribution in [0.25, 0.3) is 0 Å². The third-order valence-corrected chi connectivity index (χ3v) is 4.91. The van der Waals surface area contributed by atoms with E-state index < -0.39 is 10.8 Å². The first-order valence-corrected chi connectivity index (χ1v) is 10.1. The molecule has 3 aromatic carbocycles. The number of para-hydroxylation sites is 1. The highest BCUT2D eigenvalue weighted by atomic mass is 16.6. The first kappa shape index (κ1) is 23.3. The summed E-state index contributed by atoms with van der Waals surface area (Å²) in [4.78, 5) is 35.5. The molecule has 0 radical (unpaired) electrons. The molecular weight excluding hydrogens is 426 g/mol. The molecule has 170 valence electrons. The Bertz CT molecular complexity index is 1160. The number of nitrogens with zero attached hydrogens (tertiary/aromatic N) is 1. The average molecular weight is 449 g/mol. The fourth-order valence-electron chi connectivity index (χ4n) is 3.17. The van der Waals surface area contributed by atoms with Gasteiger partial charge in [-0.05, 0) is 48.4 Å². The van der Waals surface area contributed by atoms with Crippen LogP contribution in [-0.4, -0.2) is 37.5 Å². The van der Waals surface area contributed by atoms with Gasteiger partial charge in [0.1, 0.15) is 0 Å². The van der Waals surface area contributed by atoms with Crippen molar-refractivity contribution in [2.45, 2.75) is 6.42 Å². The Morgan fingerprint density at radius 3 is 2.27 bits per heavy atom. The van der Waals surface area contributed by atoms with E-state index in [1.165, 1.54) is 24.3 Å². The molecule has 9 nitrogen and oxygen atoms in total. The zero-order chi connectivity index (χ0) is 23.8. The Balaban J connectivity index is 1.64. The van der Waals surface area contributed by atoms with Crippen LogP contribution in [0.4, 0.5) is 11.4 Å². The predicted molar refractivity (Wildman–Crippen MR) is 123 cm³/mol. The number of amides is 2. The fourth-order valence-corrected chi connectivity index (χ4v) is 3.17. The van der Waals surface area contributed by atoms with Crippen molar-refractivity contribution in [1.29, 1.82) is 0 Å². The van der Waals surface area contributed by atoms with Gasteiger partial charge >= 0.3 is 0 Å². The van der Waals surface area contributed by atoms with Gasteiger partial charge in [0.15, 0.2) is 11.5 Å². The second kappa shape index (κ2) is 10.8. The second-order valence-electron chi connectivity index (χ2n) is 7.00. The molecule has 9 heteroatoms. The van der Waals surface area contributed by atoms with Crippen LogP contribution < -0.4 is 20.1 Å². The van der Waals surface area contributed by atoms with Crippen LogP contribution in [-0.2, 0) is 6.42 Å². The van der Waals surface area contributed by atoms with Crippen LogP contribution in [0.15, 0.2) is 66.7 Å². The molecule has 2 amide bonds. The number of rotatable bonds is 9. The summed E-state index contributed by atoms with van der Waals surface area (Å²) in [5, 5.41) is 16.3. The summed E-state index contributed by atoms with van der Waals surface area (Å²) in [5.74, 6) is 0.425. The number of benzene rings is 3. The van der Waals surface area contributed by atoms with Gasteiger partial charge in [-0.25, -0.2) is 0 Å². The van der Waals surface area contributed by atoms with Gasteiger partial charge in [0.2, 0.25) is 0 Å². The lowest BCUT2D eigenvalue weighted by atomic mass is 10.1. The van der Waals surface area contributed by atoms with Crippen LogP contribution in [0.2, 0.25) is 0 Å². The molecule has 3 rings (SSSR count). The third-order valence-electron chi connectivity index (χ3n) is 4.91. The average Bonchev–Trinajstić information content (AvgIpc) is 2.84. The number of carbonyl (C=O) groups excluding carboxylic acids is 2. The van der Waals surface area contributed by atoms with Gasteiger partial charge < -0.3 is 20.1 Å². The number of nitrogens with one attached hydrogen (secondary N) is 2. The molecule has 0 heterocycles. The molecule has 3 aromatic rings. The summed E-state index contributed by atoms with van der Waals surface area (Å²) in [6.07, 6.45) is 0.573. The summed E-state index contributed by atoms with van der Waals surface area (Å²) >= 11 is 0. The molecule has 0 saturated heterocycles. The van der Waals surface area contributed by atoms with E-state index in [0.717, 1.165) is 5.56 Å². The highest BCUT2D eigenvalue weighted by Crippen LogP contribution is 2.27. The Morgan fingerprint density at radius 2 is 1.61 bits per heavy atom. The molecule has 0 aromatic heterocycles. The van der Waals surface area contributed by atoms with Crippen LogP contribution >= 0.6 is 0 Å². The second-order valence-corrected chi connectivity index (χ2v) is 7.00. The van der Waals surface area contributed by atoms with Crippen LogP contribution in [0.5, 0.6) is 11.5 Å². The van der Waals surface area contributed by atoms with Gasteiger partial charge in [-0.3, -0.25) is 19.7 Å². The van der Waals surface area contributed by atoms with E-state index in [2.05, 4.69) is 10.6 Å². The summed E-state index contributed by atoms with van der Waals surface area (Å²) in [7, 11) is 3.13. The largest absolute Gasteiger partial charge is 0.493 e. The van der Waals surface area contributed by atoms with Gasteiger partial charge in [0.05, 0.1) is 30.4 Å². The summed E-state index contributed by atoms with van der Waals surface area (Å²) in [5.41, 5.74) is 1.74. The van der Waals surface area contributed by atoms with Crippen molar-refractivity contribution in [3.8, 4) is 11.5 Å². The number of anilines is 1. The lowest BCUT2D eigenvalue weighted by Crippen LogP contribution is -2.27. The van der Waals surface area contributed by atoms with Crippen molar-refractivity contribution in [3.05, 3.63) is 93.5 Å². The van der Waals surface area contributed by atoms with Crippen LogP contribution in [0, 0.1) is 10.1 Å². The van der Waals surface area contributed by atoms with E-state index in [1.807, 2.05) is 12.1 Å². The molecule has 0 bridgehead atoms. The van der Waals surface area contributed by atoms with Gasteiger partial charge in [0, 0.05) is 24.2 Å². The van der Waals surface area contributed by atoms with Crippen LogP contribution in [0.1, 0.15) is 26.3 Å². The molecular formula is C24H23N3O6. The molecule has 0 spiro atoms. The summed E-state index contributed by atoms with van der Waals surface area (Å²) < 4.78 is 10.5. The zero-order valence-electron chi connectivity index (χ0n) is 18.2. The maximum atomic E-state index is 12.7. The Kier molecular flexibility index (Phi) is 7.59. The number of ether oxygens (including phenoxy) is 2. The van der Waals surface area contributed by atoms with Crippen LogP contribution in [0.3, 0.4) is 0 Å². The van der Waals surface area contributed by atoms with Crippen molar-refractivity contribution in [1.82, 2.24) is 5.32 Å². The number of hydrogen-bond acceptors (Lipinski definition) is 6. The van der Waals surface area contributed by atoms with Gasteiger partial charge in [-0.1, -0.05) is 18.2 Å². The van der Waals surface area contributed by atoms with E-state index in [4.69, 9.17) is 9.47 Å². The molecule has 0 aliphatic heterocycles. The lowest BCUT2D eigenvalue weighted by molar-refractivity contribution is -0.384. The molecule has 2 N–H and O–H groups in total. The van der Waals surface area contributed by atoms with Gasteiger partial charge in [-0.2, -0.15) is 0 Å². The van der Waals surface area contributed by atoms with E-state index in [1.54, 1.807) is 44.6 Å². The smallest absolute Gasteiger partial charge is 0.269 e. The summed E-state index contributed by atoms with van der Waals surface area (Å²) in [6, 6.07) is 17.4. The molecule has 0 fully saturated rings. The topological polar surface area (TPSA) is 120 Å². The maximum absolute atomic E-state index is 12.7. The normalized spacial score (nSPS) is 10.2. The molecule has 0 aliphatic rings. The third kappa shape index (κ3) is 5.85. The summed E-state index contributed by atoms with van der Waals surface area (Å²) in [6.45, 7) is 0.374. The number of methoxy groups -OCH3 is 2. The molecule has 0 aliphatic carbocycles.